The summed E-state index contributed by atoms with van der Waals surface area (Å²) >= 11 is 0. The highest BCUT2D eigenvalue weighted by Gasteiger charge is 2.56. The minimum atomic E-state index is -1.23. The normalized spacial score (nSPS) is 14.7. The van der Waals surface area contributed by atoms with Gasteiger partial charge < -0.3 is 15.2 Å². The molecule has 1 aliphatic carbocycles. The van der Waals surface area contributed by atoms with E-state index >= 15 is 0 Å². The van der Waals surface area contributed by atoms with Crippen LogP contribution in [0.4, 0.5) is 0 Å². The van der Waals surface area contributed by atoms with Crippen LogP contribution in [0.3, 0.4) is 0 Å². The van der Waals surface area contributed by atoms with Gasteiger partial charge in [-0.3, -0.25) is 9.59 Å². The Kier molecular flexibility index (Phi) is 4.25. The van der Waals surface area contributed by atoms with Crippen molar-refractivity contribution in [3.63, 3.8) is 0 Å². The van der Waals surface area contributed by atoms with E-state index in [2.05, 4.69) is 5.32 Å². The van der Waals surface area contributed by atoms with Gasteiger partial charge >= 0.3 is 5.97 Å². The quantitative estimate of drug-likeness (QED) is 0.799. The highest BCUT2D eigenvalue weighted by molar-refractivity contribution is 6.04. The number of hydrogen-bond acceptors (Lipinski definition) is 3. The number of carboxylic acids is 1. The van der Waals surface area contributed by atoms with Crippen molar-refractivity contribution in [2.24, 2.45) is 5.41 Å². The lowest BCUT2D eigenvalue weighted by Gasteiger charge is -2.15. The molecule has 2 N–H and O–H groups in total. The largest absolute Gasteiger partial charge is 0.480 e. The maximum Gasteiger partial charge on any atom is 0.319 e. The van der Waals surface area contributed by atoms with Crippen LogP contribution in [0.5, 0.6) is 11.5 Å². The van der Waals surface area contributed by atoms with Gasteiger partial charge in [0.15, 0.2) is 0 Å². The van der Waals surface area contributed by atoms with Crippen molar-refractivity contribution < 1.29 is 19.4 Å². The van der Waals surface area contributed by atoms with E-state index in [9.17, 15) is 9.59 Å². The number of aryl methyl sites for hydroxylation is 1. The van der Waals surface area contributed by atoms with E-state index < -0.39 is 17.3 Å². The molecule has 124 valence electrons. The topological polar surface area (TPSA) is 75.6 Å². The summed E-state index contributed by atoms with van der Waals surface area (Å²) in [6.45, 7) is 2.19. The fourth-order valence-corrected chi connectivity index (χ4v) is 2.55. The number of amides is 1. The second kappa shape index (κ2) is 6.35. The van der Waals surface area contributed by atoms with Crippen LogP contribution in [-0.2, 0) is 16.1 Å². The molecule has 5 nitrogen and oxygen atoms in total. The SMILES string of the molecule is Cc1ccccc1Oc1ccccc1CNC(=O)C1(C(=O)O)CC1. The van der Waals surface area contributed by atoms with E-state index in [-0.39, 0.29) is 6.54 Å². The van der Waals surface area contributed by atoms with Crippen molar-refractivity contribution in [1.29, 1.82) is 0 Å². The van der Waals surface area contributed by atoms with Crippen LogP contribution in [0.25, 0.3) is 0 Å². The Labute approximate surface area is 140 Å². The highest BCUT2D eigenvalue weighted by atomic mass is 16.5. The molecule has 24 heavy (non-hydrogen) atoms. The van der Waals surface area contributed by atoms with Gasteiger partial charge in [-0.15, -0.1) is 0 Å². The molecule has 5 heteroatoms. The van der Waals surface area contributed by atoms with Crippen molar-refractivity contribution in [2.75, 3.05) is 0 Å². The van der Waals surface area contributed by atoms with Gasteiger partial charge in [0.05, 0.1) is 0 Å². The van der Waals surface area contributed by atoms with Crippen LogP contribution in [0, 0.1) is 12.3 Å². The number of rotatable bonds is 6. The summed E-state index contributed by atoms with van der Waals surface area (Å²) in [6, 6.07) is 15.1. The first kappa shape index (κ1) is 16.1. The number of hydrogen-bond donors (Lipinski definition) is 2. The van der Waals surface area contributed by atoms with Gasteiger partial charge in [0.2, 0.25) is 5.91 Å². The molecule has 1 saturated carbocycles. The summed E-state index contributed by atoms with van der Waals surface area (Å²) in [5.74, 6) is -0.0853. The Morgan fingerprint density at radius 2 is 1.71 bits per heavy atom. The zero-order valence-electron chi connectivity index (χ0n) is 13.4. The van der Waals surface area contributed by atoms with E-state index in [4.69, 9.17) is 9.84 Å². The van der Waals surface area contributed by atoms with Gasteiger partial charge in [-0.1, -0.05) is 36.4 Å². The van der Waals surface area contributed by atoms with E-state index in [0.29, 0.717) is 18.6 Å². The molecule has 0 radical (unpaired) electrons. The Balaban J connectivity index is 1.72. The van der Waals surface area contributed by atoms with Gasteiger partial charge in [0.25, 0.3) is 0 Å². The van der Waals surface area contributed by atoms with Crippen LogP contribution in [-0.4, -0.2) is 17.0 Å². The summed E-state index contributed by atoms with van der Waals surface area (Å²) in [5, 5.41) is 11.9. The molecule has 0 spiro atoms. The molecule has 0 saturated heterocycles. The van der Waals surface area contributed by atoms with Gasteiger partial charge in [-0.25, -0.2) is 0 Å². The van der Waals surface area contributed by atoms with Crippen molar-refractivity contribution >= 4 is 11.9 Å². The maximum absolute atomic E-state index is 12.1. The lowest BCUT2D eigenvalue weighted by Crippen LogP contribution is -2.36. The minimum absolute atomic E-state index is 0.232. The lowest BCUT2D eigenvalue weighted by molar-refractivity contribution is -0.149. The Morgan fingerprint density at radius 3 is 2.33 bits per heavy atom. The Bertz CT molecular complexity index is 780. The van der Waals surface area contributed by atoms with E-state index in [1.54, 1.807) is 0 Å². The fraction of sp³-hybridized carbons (Fsp3) is 0.263. The third-order valence-corrected chi connectivity index (χ3v) is 4.32. The van der Waals surface area contributed by atoms with Crippen molar-refractivity contribution in [2.45, 2.75) is 26.3 Å². The number of benzene rings is 2. The average molecular weight is 325 g/mol. The predicted molar refractivity (Wildman–Crippen MR) is 88.8 cm³/mol. The summed E-state index contributed by atoms with van der Waals surface area (Å²) in [6.07, 6.45) is 0.797. The van der Waals surface area contributed by atoms with Crippen LogP contribution < -0.4 is 10.1 Å². The lowest BCUT2D eigenvalue weighted by atomic mass is 10.1. The first-order valence-electron chi connectivity index (χ1n) is 7.86. The molecule has 1 amide bonds. The molecule has 0 aromatic heterocycles. The van der Waals surface area contributed by atoms with Gasteiger partial charge in [-0.05, 0) is 37.5 Å². The average Bonchev–Trinajstić information content (AvgIpc) is 3.38. The first-order chi connectivity index (χ1) is 11.5. The van der Waals surface area contributed by atoms with Crippen LogP contribution in [0.15, 0.2) is 48.5 Å². The van der Waals surface area contributed by atoms with Gasteiger partial charge in [0, 0.05) is 12.1 Å². The predicted octanol–water partition coefficient (Wildman–Crippen LogP) is 3.27. The minimum Gasteiger partial charge on any atom is -0.480 e. The van der Waals surface area contributed by atoms with Gasteiger partial charge in [0.1, 0.15) is 16.9 Å². The Morgan fingerprint density at radius 1 is 1.08 bits per heavy atom. The van der Waals surface area contributed by atoms with Crippen LogP contribution in [0.1, 0.15) is 24.0 Å². The van der Waals surface area contributed by atoms with E-state index in [1.165, 1.54) is 0 Å². The van der Waals surface area contributed by atoms with Crippen molar-refractivity contribution in [1.82, 2.24) is 5.32 Å². The van der Waals surface area contributed by atoms with Crippen molar-refractivity contribution in [3.8, 4) is 11.5 Å². The number of nitrogens with one attached hydrogen (secondary N) is 1. The molecular formula is C19H19NO4. The molecule has 2 aromatic rings. The van der Waals surface area contributed by atoms with Crippen molar-refractivity contribution in [3.05, 3.63) is 59.7 Å². The molecule has 0 heterocycles. The summed E-state index contributed by atoms with van der Waals surface area (Å²) in [5.41, 5.74) is 0.584. The van der Waals surface area contributed by atoms with Gasteiger partial charge in [-0.2, -0.15) is 0 Å². The number of ether oxygens (including phenoxy) is 1. The zero-order chi connectivity index (χ0) is 17.2. The fourth-order valence-electron chi connectivity index (χ4n) is 2.55. The zero-order valence-corrected chi connectivity index (χ0v) is 13.4. The molecule has 0 aliphatic heterocycles. The maximum atomic E-state index is 12.1. The number of carboxylic acid groups (broad SMARTS) is 1. The molecule has 0 unspecified atom stereocenters. The highest BCUT2D eigenvalue weighted by Crippen LogP contribution is 2.46. The molecule has 3 rings (SSSR count). The van der Waals surface area contributed by atoms with Crippen LogP contribution >= 0.6 is 0 Å². The van der Waals surface area contributed by atoms with Crippen LogP contribution in [0.2, 0.25) is 0 Å². The third-order valence-electron chi connectivity index (χ3n) is 4.32. The summed E-state index contributed by atoms with van der Waals surface area (Å²) in [4.78, 5) is 23.3. The first-order valence-corrected chi connectivity index (χ1v) is 7.86. The van der Waals surface area contributed by atoms with E-state index in [1.807, 2.05) is 55.5 Å². The number of para-hydroxylation sites is 2. The third kappa shape index (κ3) is 3.11. The molecule has 0 atom stereocenters. The van der Waals surface area contributed by atoms with E-state index in [0.717, 1.165) is 16.9 Å². The monoisotopic (exact) mass is 325 g/mol. The second-order valence-electron chi connectivity index (χ2n) is 6.05. The molecule has 2 aromatic carbocycles. The Hall–Kier alpha value is -2.82. The number of carbonyl (C=O) groups excluding carboxylic acids is 1. The molecule has 1 fully saturated rings. The molecular weight excluding hydrogens is 306 g/mol. The smallest absolute Gasteiger partial charge is 0.319 e. The standard InChI is InChI=1S/C19H19NO4/c1-13-6-2-4-8-15(13)24-16-9-5-3-7-14(16)12-20-17(21)19(10-11-19)18(22)23/h2-9H,10-12H2,1H3,(H,20,21)(H,22,23). The second-order valence-corrected chi connectivity index (χ2v) is 6.05. The molecule has 1 aliphatic rings. The summed E-state index contributed by atoms with van der Waals surface area (Å²) < 4.78 is 5.95. The molecule has 0 bridgehead atoms. The number of aliphatic carboxylic acids is 1. The number of carbonyl (C=O) groups is 2. The summed E-state index contributed by atoms with van der Waals surface area (Å²) in [7, 11) is 0.